The van der Waals surface area contributed by atoms with Gasteiger partial charge in [0.25, 0.3) is 0 Å². The topological polar surface area (TPSA) is 96.0 Å². The van der Waals surface area contributed by atoms with Gasteiger partial charge in [-0.15, -0.1) is 11.3 Å². The molecule has 172 valence electrons. The Morgan fingerprint density at radius 1 is 1.19 bits per heavy atom. The van der Waals surface area contributed by atoms with E-state index in [2.05, 4.69) is 10.3 Å². The van der Waals surface area contributed by atoms with Crippen molar-refractivity contribution in [3.8, 4) is 0 Å². The quantitative estimate of drug-likeness (QED) is 0.511. The Morgan fingerprint density at radius 2 is 1.77 bits per heavy atom. The summed E-state index contributed by atoms with van der Waals surface area (Å²) in [6.07, 6.45) is 1.23. The smallest absolute Gasteiger partial charge is 0.462 e. The Morgan fingerprint density at radius 3 is 2.29 bits per heavy atom. The molecule has 1 aliphatic rings. The summed E-state index contributed by atoms with van der Waals surface area (Å²) in [5.41, 5.74) is -0.453. The summed E-state index contributed by atoms with van der Waals surface area (Å²) >= 11 is 1.22. The van der Waals surface area contributed by atoms with Crippen LogP contribution in [0.4, 0.5) is 4.79 Å². The third-order valence-corrected chi connectivity index (χ3v) is 6.06. The van der Waals surface area contributed by atoms with Crippen molar-refractivity contribution in [2.75, 3.05) is 13.2 Å². The van der Waals surface area contributed by atoms with Crippen molar-refractivity contribution in [2.45, 2.75) is 79.1 Å². The number of nitrogens with one attached hydrogen (secondary N) is 1. The molecule has 0 aliphatic carbocycles. The molecule has 1 aromatic rings. The van der Waals surface area contributed by atoms with Gasteiger partial charge in [0.2, 0.25) is 0 Å². The van der Waals surface area contributed by atoms with Gasteiger partial charge in [0.05, 0.1) is 23.5 Å². The molecule has 1 aromatic heterocycles. The Bertz CT molecular complexity index is 841. The summed E-state index contributed by atoms with van der Waals surface area (Å²) in [4.78, 5) is 29.2. The summed E-state index contributed by atoms with van der Waals surface area (Å²) in [6, 6.07) is 0. The first-order valence-electron chi connectivity index (χ1n) is 10.3. The molecule has 0 aromatic carbocycles. The predicted octanol–water partition coefficient (Wildman–Crippen LogP) is 4.17. The highest BCUT2D eigenvalue weighted by molar-refractivity contribution is 7.14. The minimum atomic E-state index is -0.685. The highest BCUT2D eigenvalue weighted by Crippen LogP contribution is 2.39. The number of carbonyl (C=O) groups is 2. The average molecular weight is 452 g/mol. The first kappa shape index (κ1) is 25.4. The summed E-state index contributed by atoms with van der Waals surface area (Å²) in [5.74, 6) is -0.402. The van der Waals surface area contributed by atoms with Crippen LogP contribution < -0.4 is 5.32 Å². The van der Waals surface area contributed by atoms with Gasteiger partial charge in [-0.3, -0.25) is 0 Å². The van der Waals surface area contributed by atoms with Gasteiger partial charge in [-0.2, -0.15) is 0 Å². The Labute approximate surface area is 188 Å². The molecule has 8 nitrogen and oxygen atoms in total. The minimum Gasteiger partial charge on any atom is -0.462 e. The number of carbonyl (C=O) groups excluding carboxylic acids is 2. The van der Waals surface area contributed by atoms with Gasteiger partial charge >= 0.3 is 19.2 Å². The van der Waals surface area contributed by atoms with Gasteiger partial charge in [-0.1, -0.05) is 0 Å². The van der Waals surface area contributed by atoms with Crippen LogP contribution in [0.25, 0.3) is 6.08 Å². The minimum absolute atomic E-state index is 0.138. The Hall–Kier alpha value is -1.91. The van der Waals surface area contributed by atoms with E-state index in [1.165, 1.54) is 11.3 Å². The fourth-order valence-corrected chi connectivity index (χ4v) is 3.65. The van der Waals surface area contributed by atoms with E-state index in [-0.39, 0.29) is 6.54 Å². The number of amides is 1. The lowest BCUT2D eigenvalue weighted by Crippen LogP contribution is -2.41. The van der Waals surface area contributed by atoms with E-state index in [0.717, 1.165) is 0 Å². The second kappa shape index (κ2) is 9.30. The molecule has 2 heterocycles. The van der Waals surface area contributed by atoms with Crippen LogP contribution in [-0.2, 0) is 18.8 Å². The second-order valence-electron chi connectivity index (χ2n) is 9.35. The molecule has 0 unspecified atom stereocenters. The predicted molar refractivity (Wildman–Crippen MR) is 121 cm³/mol. The van der Waals surface area contributed by atoms with Crippen LogP contribution in [0.15, 0.2) is 5.47 Å². The lowest BCUT2D eigenvalue weighted by Gasteiger charge is -2.32. The van der Waals surface area contributed by atoms with Crippen LogP contribution in [-0.4, -0.2) is 54.1 Å². The van der Waals surface area contributed by atoms with Crippen LogP contribution in [0.3, 0.4) is 0 Å². The number of rotatable bonds is 6. The van der Waals surface area contributed by atoms with Crippen molar-refractivity contribution in [1.82, 2.24) is 10.3 Å². The van der Waals surface area contributed by atoms with Gasteiger partial charge in [-0.25, -0.2) is 14.6 Å². The largest absolute Gasteiger partial charge is 0.492 e. The van der Waals surface area contributed by atoms with E-state index >= 15 is 0 Å². The standard InChI is InChI=1S/C21H33BN2O6S/c1-10-27-17(25)16-13(2)24-15(31-16)11-14(12-23-18(26)28-19(3,4)5)22-29-20(6,7)21(8,9)30-22/h11H,10,12H2,1-9H3,(H,23,26). The van der Waals surface area contributed by atoms with Gasteiger partial charge in [0.15, 0.2) is 0 Å². The summed E-state index contributed by atoms with van der Waals surface area (Å²) in [5, 5.41) is 3.35. The van der Waals surface area contributed by atoms with Gasteiger partial charge < -0.3 is 24.1 Å². The molecule has 10 heteroatoms. The number of thiazole rings is 1. The van der Waals surface area contributed by atoms with Crippen molar-refractivity contribution in [2.24, 2.45) is 0 Å². The molecular weight excluding hydrogens is 419 g/mol. The van der Waals surface area contributed by atoms with Crippen molar-refractivity contribution in [1.29, 1.82) is 0 Å². The fourth-order valence-electron chi connectivity index (χ4n) is 2.71. The van der Waals surface area contributed by atoms with E-state index in [0.29, 0.717) is 27.7 Å². The van der Waals surface area contributed by atoms with Crippen LogP contribution >= 0.6 is 11.3 Å². The zero-order chi connectivity index (χ0) is 23.6. The highest BCUT2D eigenvalue weighted by Gasteiger charge is 2.52. The maximum Gasteiger partial charge on any atom is 0.492 e. The molecule has 1 saturated heterocycles. The van der Waals surface area contributed by atoms with E-state index in [4.69, 9.17) is 18.8 Å². The normalized spacial score (nSPS) is 18.1. The Kier molecular flexibility index (Phi) is 7.61. The van der Waals surface area contributed by atoms with E-state index in [1.807, 2.05) is 27.7 Å². The van der Waals surface area contributed by atoms with E-state index < -0.39 is 36.0 Å². The summed E-state index contributed by atoms with van der Waals surface area (Å²) in [7, 11) is -0.685. The van der Waals surface area contributed by atoms with Crippen LogP contribution in [0.5, 0.6) is 0 Å². The molecule has 1 N–H and O–H groups in total. The fraction of sp³-hybridized carbons (Fsp3) is 0.667. The molecule has 0 radical (unpaired) electrons. The molecule has 1 amide bonds. The highest BCUT2D eigenvalue weighted by atomic mass is 32.1. The van der Waals surface area contributed by atoms with Gasteiger partial charge in [0, 0.05) is 6.54 Å². The molecule has 0 atom stereocenters. The summed E-state index contributed by atoms with van der Waals surface area (Å²) < 4.78 is 22.7. The monoisotopic (exact) mass is 452 g/mol. The zero-order valence-corrected chi connectivity index (χ0v) is 20.7. The first-order valence-corrected chi connectivity index (χ1v) is 11.1. The molecule has 0 spiro atoms. The lowest BCUT2D eigenvalue weighted by atomic mass is 9.77. The molecule has 0 bridgehead atoms. The number of ether oxygens (including phenoxy) is 2. The average Bonchev–Trinajstić information content (AvgIpc) is 3.06. The maximum atomic E-state index is 12.2. The third-order valence-electron chi connectivity index (χ3n) is 4.97. The lowest BCUT2D eigenvalue weighted by molar-refractivity contribution is 0.00578. The zero-order valence-electron chi connectivity index (χ0n) is 19.9. The molecule has 31 heavy (non-hydrogen) atoms. The third kappa shape index (κ3) is 6.54. The number of hydrogen-bond donors (Lipinski definition) is 1. The van der Waals surface area contributed by atoms with E-state index in [1.54, 1.807) is 40.7 Å². The molecule has 0 saturated carbocycles. The second-order valence-corrected chi connectivity index (χ2v) is 10.4. The maximum absolute atomic E-state index is 12.2. The van der Waals surface area contributed by atoms with E-state index in [9.17, 15) is 9.59 Å². The number of aromatic nitrogens is 1. The molecule has 2 rings (SSSR count). The van der Waals surface area contributed by atoms with Crippen molar-refractivity contribution in [3.63, 3.8) is 0 Å². The van der Waals surface area contributed by atoms with Crippen LogP contribution in [0, 0.1) is 6.92 Å². The number of esters is 1. The molecule has 1 fully saturated rings. The molecule has 1 aliphatic heterocycles. The summed E-state index contributed by atoms with van der Waals surface area (Å²) in [6.45, 7) is 17.2. The van der Waals surface area contributed by atoms with Crippen LogP contribution in [0.2, 0.25) is 0 Å². The number of nitrogens with zero attached hydrogens (tertiary/aromatic N) is 1. The molecular formula is C21H33BN2O6S. The number of hydrogen-bond acceptors (Lipinski definition) is 8. The Balaban J connectivity index is 2.31. The van der Waals surface area contributed by atoms with Gasteiger partial charge in [0.1, 0.15) is 15.5 Å². The SMILES string of the molecule is CCOC(=O)c1sc(C=C(CNC(=O)OC(C)(C)C)B2OC(C)(C)C(C)(C)O2)nc1C. The first-order chi connectivity index (χ1) is 14.1. The van der Waals surface area contributed by atoms with Gasteiger partial charge in [-0.05, 0) is 73.9 Å². The number of alkyl carbamates (subject to hydrolysis) is 1. The number of aryl methyl sites for hydroxylation is 1. The van der Waals surface area contributed by atoms with Crippen molar-refractivity contribution in [3.05, 3.63) is 21.1 Å². The van der Waals surface area contributed by atoms with Crippen molar-refractivity contribution >= 4 is 36.6 Å². The van der Waals surface area contributed by atoms with Crippen molar-refractivity contribution < 1.29 is 28.4 Å². The van der Waals surface area contributed by atoms with Crippen LogP contribution in [0.1, 0.15) is 75.8 Å².